The molecule has 1 aliphatic rings. The summed E-state index contributed by atoms with van der Waals surface area (Å²) in [4.78, 5) is 17.2. The van der Waals surface area contributed by atoms with Gasteiger partial charge in [-0.05, 0) is 74.2 Å². The summed E-state index contributed by atoms with van der Waals surface area (Å²) in [5.74, 6) is -0.405. The number of rotatable bonds is 16. The lowest BCUT2D eigenvalue weighted by Gasteiger charge is -2.28. The van der Waals surface area contributed by atoms with Gasteiger partial charge in [0, 0.05) is 11.0 Å². The summed E-state index contributed by atoms with van der Waals surface area (Å²) in [5.41, 5.74) is -1.62. The Morgan fingerprint density at radius 3 is 2.22 bits per heavy atom. The van der Waals surface area contributed by atoms with Crippen LogP contribution in [0.4, 0.5) is 26.3 Å². The van der Waals surface area contributed by atoms with Crippen LogP contribution in [-0.4, -0.2) is 44.2 Å². The first-order chi connectivity index (χ1) is 21.7. The predicted octanol–water partition coefficient (Wildman–Crippen LogP) is 8.84. The van der Waals surface area contributed by atoms with Crippen molar-refractivity contribution in [1.82, 2.24) is 5.32 Å². The number of aldehydes is 1. The number of hydrogen-bond donors (Lipinski definition) is 1. The van der Waals surface area contributed by atoms with Gasteiger partial charge < -0.3 is 19.7 Å². The van der Waals surface area contributed by atoms with Crippen LogP contribution >= 0.6 is 23.2 Å². The fourth-order valence-corrected chi connectivity index (χ4v) is 5.75. The van der Waals surface area contributed by atoms with E-state index in [-0.39, 0.29) is 18.2 Å². The molecule has 0 fully saturated rings. The Labute approximate surface area is 274 Å². The number of carbonyl (C=O) groups is 1. The van der Waals surface area contributed by atoms with Crippen molar-refractivity contribution in [2.45, 2.75) is 62.4 Å². The minimum atomic E-state index is -4.97. The van der Waals surface area contributed by atoms with Crippen molar-refractivity contribution in [3.63, 3.8) is 0 Å². The zero-order valence-corrected chi connectivity index (χ0v) is 26.9. The third kappa shape index (κ3) is 10.3. The number of hydrogen-bond acceptors (Lipinski definition) is 5. The second kappa shape index (κ2) is 16.8. The molecule has 2 aromatic rings. The highest BCUT2D eigenvalue weighted by Gasteiger charge is 2.37. The molecule has 0 spiro atoms. The van der Waals surface area contributed by atoms with E-state index in [1.54, 1.807) is 6.08 Å². The number of benzene rings is 2. The lowest BCUT2D eigenvalue weighted by atomic mass is 9.76. The molecule has 0 saturated heterocycles. The van der Waals surface area contributed by atoms with Gasteiger partial charge in [0.15, 0.2) is 0 Å². The van der Waals surface area contributed by atoms with Crippen molar-refractivity contribution in [3.05, 3.63) is 93.5 Å². The molecule has 1 N–H and O–H groups in total. The highest BCUT2D eigenvalue weighted by Crippen LogP contribution is 2.37. The lowest BCUT2D eigenvalue weighted by Crippen LogP contribution is -2.33. The van der Waals surface area contributed by atoms with E-state index in [4.69, 9.17) is 32.8 Å². The molecule has 3 atom stereocenters. The molecule has 1 aliphatic carbocycles. The second-order valence-corrected chi connectivity index (χ2v) is 11.9. The molecule has 46 heavy (non-hydrogen) atoms. The quantitative estimate of drug-likeness (QED) is 0.0477. The molecule has 252 valence electrons. The Bertz CT molecular complexity index is 1360. The van der Waals surface area contributed by atoms with Gasteiger partial charge in [0.05, 0.1) is 40.8 Å². The van der Waals surface area contributed by atoms with Gasteiger partial charge in [-0.2, -0.15) is 26.3 Å². The molecule has 0 radical (unpaired) electrons. The average Bonchev–Trinajstić information content (AvgIpc) is 3.02. The second-order valence-electron chi connectivity index (χ2n) is 11.0. The summed E-state index contributed by atoms with van der Waals surface area (Å²) in [7, 11) is 1.32. The van der Waals surface area contributed by atoms with E-state index in [0.717, 1.165) is 17.4 Å². The molecule has 3 rings (SSSR count). The Kier molecular flexibility index (Phi) is 13.7. The Morgan fingerprint density at radius 1 is 1.02 bits per heavy atom. The van der Waals surface area contributed by atoms with Crippen molar-refractivity contribution < 1.29 is 40.7 Å². The van der Waals surface area contributed by atoms with Gasteiger partial charge in [-0.25, -0.2) is 0 Å². The molecule has 0 heterocycles. The average molecular weight is 694 g/mol. The SMILES string of the molecule is CCC(C=O)(CCNCCC(C1=CC=C(Cl)C(Cl)C1)/C(COCc1cc(C(F)(F)F)cc(C(F)(F)F)c1)=N/OC)c1ccccc1. The fourth-order valence-electron chi connectivity index (χ4n) is 5.36. The Morgan fingerprint density at radius 2 is 1.67 bits per heavy atom. The molecular formula is C33H36Cl2F6N2O3. The Balaban J connectivity index is 1.75. The van der Waals surface area contributed by atoms with Gasteiger partial charge in [0.2, 0.25) is 0 Å². The van der Waals surface area contributed by atoms with Crippen molar-refractivity contribution >= 4 is 35.2 Å². The summed E-state index contributed by atoms with van der Waals surface area (Å²) in [6.45, 7) is 2.20. The van der Waals surface area contributed by atoms with Crippen LogP contribution in [0.3, 0.4) is 0 Å². The van der Waals surface area contributed by atoms with Crippen LogP contribution < -0.4 is 5.32 Å². The van der Waals surface area contributed by atoms with E-state index in [2.05, 4.69) is 10.5 Å². The van der Waals surface area contributed by atoms with E-state index in [1.807, 2.05) is 43.3 Å². The number of allylic oxidation sites excluding steroid dienone is 4. The van der Waals surface area contributed by atoms with Crippen molar-refractivity contribution in [1.29, 1.82) is 0 Å². The largest absolute Gasteiger partial charge is 0.416 e. The molecule has 3 unspecified atom stereocenters. The number of ether oxygens (including phenoxy) is 1. The van der Waals surface area contributed by atoms with Gasteiger partial charge in [0.25, 0.3) is 0 Å². The van der Waals surface area contributed by atoms with Gasteiger partial charge >= 0.3 is 12.4 Å². The number of halogens is 8. The van der Waals surface area contributed by atoms with E-state index < -0.39 is 46.8 Å². The summed E-state index contributed by atoms with van der Waals surface area (Å²) in [5, 5.41) is 7.46. The zero-order chi connectivity index (χ0) is 34.0. The van der Waals surface area contributed by atoms with Crippen LogP contribution in [0.2, 0.25) is 0 Å². The molecule has 0 aromatic heterocycles. The van der Waals surface area contributed by atoms with Crippen LogP contribution in [-0.2, 0) is 38.7 Å². The molecule has 5 nitrogen and oxygen atoms in total. The first kappa shape index (κ1) is 37.6. The number of oxime groups is 1. The van der Waals surface area contributed by atoms with Crippen LogP contribution in [0.25, 0.3) is 0 Å². The molecule has 0 bridgehead atoms. The van der Waals surface area contributed by atoms with Gasteiger partial charge in [-0.3, -0.25) is 0 Å². The molecule has 13 heteroatoms. The smallest absolute Gasteiger partial charge is 0.399 e. The monoisotopic (exact) mass is 692 g/mol. The van der Waals surface area contributed by atoms with E-state index >= 15 is 0 Å². The lowest BCUT2D eigenvalue weighted by molar-refractivity contribution is -0.143. The van der Waals surface area contributed by atoms with E-state index in [1.165, 1.54) is 7.11 Å². The topological polar surface area (TPSA) is 59.9 Å². The highest BCUT2D eigenvalue weighted by atomic mass is 35.5. The van der Waals surface area contributed by atoms with Crippen LogP contribution in [0.5, 0.6) is 0 Å². The number of carbonyl (C=O) groups excluding carboxylic acids is 1. The standard InChI is InChI=1S/C33H36Cl2F6N2O3/c1-3-31(21-44,24-7-5-4-6-8-24)12-14-42-13-11-27(23-9-10-28(34)29(35)17-23)30(43-45-2)20-46-19-22-15-25(32(36,37)38)18-26(16-22)33(39,40)41/h4-10,15-16,18,21,27,29,42H,3,11-14,17,19-20H2,1-2H3/b43-30+. The molecule has 2 aromatic carbocycles. The van der Waals surface area contributed by atoms with E-state index in [9.17, 15) is 31.1 Å². The zero-order valence-electron chi connectivity index (χ0n) is 25.4. The highest BCUT2D eigenvalue weighted by molar-refractivity contribution is 6.37. The van der Waals surface area contributed by atoms with Gasteiger partial charge in [-0.15, -0.1) is 11.6 Å². The van der Waals surface area contributed by atoms with Crippen LogP contribution in [0.15, 0.2) is 76.4 Å². The van der Waals surface area contributed by atoms with Gasteiger partial charge in [-0.1, -0.05) is 65.7 Å². The maximum absolute atomic E-state index is 13.3. The first-order valence-corrected chi connectivity index (χ1v) is 15.4. The Hall–Kier alpha value is -2.86. The fraction of sp³-hybridized carbons (Fsp3) is 0.455. The number of alkyl halides is 7. The molecular weight excluding hydrogens is 657 g/mol. The van der Waals surface area contributed by atoms with Crippen molar-refractivity contribution in [3.8, 4) is 0 Å². The third-order valence-electron chi connectivity index (χ3n) is 7.96. The minimum Gasteiger partial charge on any atom is -0.399 e. The van der Waals surface area contributed by atoms with Crippen LogP contribution in [0, 0.1) is 5.92 Å². The maximum Gasteiger partial charge on any atom is 0.416 e. The minimum absolute atomic E-state index is 0.0701. The molecule has 0 aliphatic heterocycles. The summed E-state index contributed by atoms with van der Waals surface area (Å²) in [6, 6.07) is 10.9. The number of nitrogens with zero attached hydrogens (tertiary/aromatic N) is 1. The van der Waals surface area contributed by atoms with E-state index in [0.29, 0.717) is 61.6 Å². The third-order valence-corrected chi connectivity index (χ3v) is 8.85. The van der Waals surface area contributed by atoms with Crippen molar-refractivity contribution in [2.75, 3.05) is 26.8 Å². The molecule has 0 saturated carbocycles. The van der Waals surface area contributed by atoms with Gasteiger partial charge in [0.1, 0.15) is 13.4 Å². The summed E-state index contributed by atoms with van der Waals surface area (Å²) < 4.78 is 85.6. The molecule has 0 amide bonds. The predicted molar refractivity (Wildman–Crippen MR) is 167 cm³/mol. The summed E-state index contributed by atoms with van der Waals surface area (Å²) in [6.07, 6.45) is -3.44. The number of nitrogens with one attached hydrogen (secondary N) is 1. The van der Waals surface area contributed by atoms with Crippen LogP contribution in [0.1, 0.15) is 54.9 Å². The maximum atomic E-state index is 13.3. The van der Waals surface area contributed by atoms with Crippen molar-refractivity contribution in [2.24, 2.45) is 11.1 Å². The normalized spacial score (nSPS) is 18.0. The first-order valence-electron chi connectivity index (χ1n) is 14.6. The summed E-state index contributed by atoms with van der Waals surface area (Å²) >= 11 is 12.6.